The highest BCUT2D eigenvalue weighted by atomic mass is 16.3. The smallest absolute Gasteiger partial charge is 0.253 e. The van der Waals surface area contributed by atoms with Gasteiger partial charge in [-0.2, -0.15) is 0 Å². The number of β-amino-alcohol motifs (C(OH)–C–C–N with tert-alkyl or cyclic N) is 1. The first kappa shape index (κ1) is 15.0. The monoisotopic (exact) mass is 302 g/mol. The molecular formula is C17H22N2O3. The molecule has 5 heteroatoms. The highest BCUT2D eigenvalue weighted by Crippen LogP contribution is 2.30. The van der Waals surface area contributed by atoms with Crippen LogP contribution in [0.2, 0.25) is 0 Å². The van der Waals surface area contributed by atoms with E-state index in [0.29, 0.717) is 31.6 Å². The number of benzene rings is 1. The van der Waals surface area contributed by atoms with E-state index in [1.807, 2.05) is 19.1 Å². The molecule has 0 bridgehead atoms. The predicted octanol–water partition coefficient (Wildman–Crippen LogP) is 1.58. The minimum Gasteiger partial charge on any atom is -0.391 e. The summed E-state index contributed by atoms with van der Waals surface area (Å²) in [5.74, 6) is 0.0961. The van der Waals surface area contributed by atoms with Gasteiger partial charge < -0.3 is 14.9 Å². The number of likely N-dealkylation sites (tertiary alicyclic amines) is 1. The summed E-state index contributed by atoms with van der Waals surface area (Å²) in [7, 11) is 0. The molecule has 3 rings (SSSR count). The summed E-state index contributed by atoms with van der Waals surface area (Å²) in [5.41, 5.74) is 2.64. The molecule has 2 heterocycles. The van der Waals surface area contributed by atoms with E-state index in [9.17, 15) is 14.7 Å². The lowest BCUT2D eigenvalue weighted by Gasteiger charge is -2.30. The fourth-order valence-corrected chi connectivity index (χ4v) is 3.31. The van der Waals surface area contributed by atoms with E-state index in [2.05, 4.69) is 0 Å². The number of piperidine rings is 1. The van der Waals surface area contributed by atoms with Crippen LogP contribution in [0, 0.1) is 0 Å². The van der Waals surface area contributed by atoms with E-state index in [-0.39, 0.29) is 11.8 Å². The molecule has 2 aliphatic rings. The second-order valence-electron chi connectivity index (χ2n) is 6.04. The summed E-state index contributed by atoms with van der Waals surface area (Å²) in [4.78, 5) is 28.0. The maximum absolute atomic E-state index is 12.6. The van der Waals surface area contributed by atoms with Gasteiger partial charge in [0.2, 0.25) is 5.91 Å². The first-order chi connectivity index (χ1) is 10.6. The fraction of sp³-hybridized carbons (Fsp3) is 0.529. The lowest BCUT2D eigenvalue weighted by Crippen LogP contribution is -2.42. The third kappa shape index (κ3) is 2.73. The van der Waals surface area contributed by atoms with Gasteiger partial charge in [-0.05, 0) is 43.0 Å². The van der Waals surface area contributed by atoms with Gasteiger partial charge in [-0.1, -0.05) is 6.92 Å². The number of hydrogen-bond donors (Lipinski definition) is 1. The molecule has 22 heavy (non-hydrogen) atoms. The largest absolute Gasteiger partial charge is 0.391 e. The lowest BCUT2D eigenvalue weighted by atomic mass is 10.0. The molecule has 1 saturated heterocycles. The van der Waals surface area contributed by atoms with Gasteiger partial charge in [0.05, 0.1) is 6.10 Å². The molecule has 2 aliphatic heterocycles. The quantitative estimate of drug-likeness (QED) is 0.902. The Hall–Kier alpha value is -1.88. The Balaban J connectivity index is 1.79. The summed E-state index contributed by atoms with van der Waals surface area (Å²) in [5, 5.41) is 9.72. The summed E-state index contributed by atoms with van der Waals surface area (Å²) < 4.78 is 0. The van der Waals surface area contributed by atoms with Crippen molar-refractivity contribution in [3.05, 3.63) is 29.3 Å². The number of rotatable bonds is 2. The number of hydrogen-bond acceptors (Lipinski definition) is 3. The van der Waals surface area contributed by atoms with Crippen molar-refractivity contribution in [2.45, 2.75) is 38.7 Å². The molecule has 1 N–H and O–H groups in total. The number of aliphatic hydroxyl groups excluding tert-OH is 1. The van der Waals surface area contributed by atoms with E-state index in [4.69, 9.17) is 0 Å². The fourth-order valence-electron chi connectivity index (χ4n) is 3.31. The molecule has 0 saturated carbocycles. The van der Waals surface area contributed by atoms with Gasteiger partial charge in [0.25, 0.3) is 5.91 Å². The van der Waals surface area contributed by atoms with E-state index in [1.165, 1.54) is 0 Å². The van der Waals surface area contributed by atoms with Crippen molar-refractivity contribution in [3.63, 3.8) is 0 Å². The van der Waals surface area contributed by atoms with Crippen LogP contribution in [-0.4, -0.2) is 47.6 Å². The zero-order valence-corrected chi connectivity index (χ0v) is 12.9. The molecule has 0 aliphatic carbocycles. The molecule has 2 amide bonds. The number of carbonyl (C=O) groups is 2. The average molecular weight is 302 g/mol. The van der Waals surface area contributed by atoms with Crippen molar-refractivity contribution in [1.29, 1.82) is 0 Å². The summed E-state index contributed by atoms with van der Waals surface area (Å²) in [6.07, 6.45) is 2.49. The second-order valence-corrected chi connectivity index (χ2v) is 6.04. The van der Waals surface area contributed by atoms with Crippen LogP contribution in [0.25, 0.3) is 0 Å². The minimum atomic E-state index is -0.412. The number of carbonyl (C=O) groups excluding carboxylic acids is 2. The normalized spacial score (nSPS) is 20.9. The van der Waals surface area contributed by atoms with Crippen LogP contribution in [-0.2, 0) is 11.2 Å². The van der Waals surface area contributed by atoms with Crippen molar-refractivity contribution in [1.82, 2.24) is 4.90 Å². The van der Waals surface area contributed by atoms with Gasteiger partial charge in [-0.25, -0.2) is 0 Å². The molecule has 1 atom stereocenters. The zero-order chi connectivity index (χ0) is 15.7. The third-order valence-corrected chi connectivity index (χ3v) is 4.51. The van der Waals surface area contributed by atoms with Gasteiger partial charge in [0.1, 0.15) is 0 Å². The van der Waals surface area contributed by atoms with E-state index < -0.39 is 6.10 Å². The van der Waals surface area contributed by atoms with E-state index in [1.54, 1.807) is 15.9 Å². The third-order valence-electron chi connectivity index (χ3n) is 4.51. The van der Waals surface area contributed by atoms with Crippen molar-refractivity contribution in [3.8, 4) is 0 Å². The van der Waals surface area contributed by atoms with Crippen LogP contribution in [0.4, 0.5) is 5.69 Å². The number of anilines is 1. The van der Waals surface area contributed by atoms with Crippen molar-refractivity contribution < 1.29 is 14.7 Å². The first-order valence-corrected chi connectivity index (χ1v) is 8.00. The Labute approximate surface area is 130 Å². The minimum absolute atomic E-state index is 0.0261. The maximum atomic E-state index is 12.6. The molecule has 1 unspecified atom stereocenters. The first-order valence-electron chi connectivity index (χ1n) is 8.00. The van der Waals surface area contributed by atoms with Gasteiger partial charge >= 0.3 is 0 Å². The van der Waals surface area contributed by atoms with Crippen molar-refractivity contribution in [2.75, 3.05) is 24.5 Å². The summed E-state index contributed by atoms with van der Waals surface area (Å²) >= 11 is 0. The molecular weight excluding hydrogens is 280 g/mol. The van der Waals surface area contributed by atoms with Gasteiger partial charge in [0.15, 0.2) is 0 Å². The molecule has 5 nitrogen and oxygen atoms in total. The Bertz CT molecular complexity index is 600. The Morgan fingerprint density at radius 1 is 1.32 bits per heavy atom. The molecule has 0 spiro atoms. The number of amides is 2. The molecule has 118 valence electrons. The topological polar surface area (TPSA) is 60.9 Å². The Kier molecular flexibility index (Phi) is 4.16. The summed E-state index contributed by atoms with van der Waals surface area (Å²) in [6.45, 7) is 3.67. The maximum Gasteiger partial charge on any atom is 0.253 e. The highest BCUT2D eigenvalue weighted by Gasteiger charge is 2.27. The van der Waals surface area contributed by atoms with Crippen molar-refractivity contribution >= 4 is 17.5 Å². The predicted molar refractivity (Wildman–Crippen MR) is 83.9 cm³/mol. The van der Waals surface area contributed by atoms with Crippen molar-refractivity contribution in [2.24, 2.45) is 0 Å². The summed E-state index contributed by atoms with van der Waals surface area (Å²) in [6, 6.07) is 5.58. The van der Waals surface area contributed by atoms with Crippen LogP contribution in [0.5, 0.6) is 0 Å². The SMILES string of the molecule is CCC(=O)N1CCc2cc(C(=O)N3CCCC(O)C3)ccc21. The molecule has 1 aromatic rings. The lowest BCUT2D eigenvalue weighted by molar-refractivity contribution is -0.118. The van der Waals surface area contributed by atoms with Crippen LogP contribution in [0.3, 0.4) is 0 Å². The number of nitrogens with zero attached hydrogens (tertiary/aromatic N) is 2. The van der Waals surface area contributed by atoms with Gasteiger partial charge in [-0.3, -0.25) is 9.59 Å². The average Bonchev–Trinajstić information content (AvgIpc) is 2.96. The Morgan fingerprint density at radius 3 is 2.86 bits per heavy atom. The van der Waals surface area contributed by atoms with Crippen LogP contribution in [0.1, 0.15) is 42.1 Å². The standard InChI is InChI=1S/C17H22N2O3/c1-2-16(21)19-9-7-12-10-13(5-6-15(12)19)17(22)18-8-3-4-14(20)11-18/h5-6,10,14,20H,2-4,7-9,11H2,1H3. The number of fused-ring (bicyclic) bond motifs is 1. The Morgan fingerprint density at radius 2 is 2.14 bits per heavy atom. The van der Waals surface area contributed by atoms with Gasteiger partial charge in [-0.15, -0.1) is 0 Å². The van der Waals surface area contributed by atoms with E-state index in [0.717, 1.165) is 30.5 Å². The second kappa shape index (κ2) is 6.08. The number of aliphatic hydroxyl groups is 1. The molecule has 1 fully saturated rings. The van der Waals surface area contributed by atoms with Crippen LogP contribution >= 0.6 is 0 Å². The molecule has 0 aromatic heterocycles. The molecule has 1 aromatic carbocycles. The zero-order valence-electron chi connectivity index (χ0n) is 12.9. The van der Waals surface area contributed by atoms with E-state index >= 15 is 0 Å². The van der Waals surface area contributed by atoms with Gasteiger partial charge in [0, 0.05) is 37.3 Å². The highest BCUT2D eigenvalue weighted by molar-refractivity contribution is 5.98. The molecule has 0 radical (unpaired) electrons. The van der Waals surface area contributed by atoms with Crippen LogP contribution in [0.15, 0.2) is 18.2 Å². The van der Waals surface area contributed by atoms with Crippen LogP contribution < -0.4 is 4.90 Å².